The molecule has 2 amide bonds. The summed E-state index contributed by atoms with van der Waals surface area (Å²) in [6, 6.07) is 26.4. The molecule has 2 aliphatic heterocycles. The van der Waals surface area contributed by atoms with Gasteiger partial charge in [0.05, 0.1) is 22.1 Å². The van der Waals surface area contributed by atoms with Gasteiger partial charge >= 0.3 is 0 Å². The zero-order chi connectivity index (χ0) is 20.0. The summed E-state index contributed by atoms with van der Waals surface area (Å²) in [4.78, 5) is 30.0. The normalized spacial score (nSPS) is 16.1. The summed E-state index contributed by atoms with van der Waals surface area (Å²) in [7, 11) is 1.89. The number of hydrogen-bond donors (Lipinski definition) is 0. The molecule has 0 unspecified atom stereocenters. The van der Waals surface area contributed by atoms with E-state index >= 15 is 0 Å². The van der Waals surface area contributed by atoms with Crippen LogP contribution in [0.4, 0.5) is 17.1 Å². The first-order valence-electron chi connectivity index (χ1n) is 9.20. The summed E-state index contributed by atoms with van der Waals surface area (Å²) in [5, 5.41) is 3.56. The second-order valence-corrected chi connectivity index (χ2v) is 7.74. The molecule has 0 atom stereocenters. The van der Waals surface area contributed by atoms with Crippen molar-refractivity contribution in [1.82, 2.24) is 0 Å². The first-order chi connectivity index (χ1) is 14.2. The molecular formula is C23H17N3O2S. The van der Waals surface area contributed by atoms with E-state index in [9.17, 15) is 9.59 Å². The number of nitrogens with zero attached hydrogens (tertiary/aromatic N) is 3. The fourth-order valence-corrected chi connectivity index (χ4v) is 4.77. The quantitative estimate of drug-likeness (QED) is 0.472. The molecule has 0 bridgehead atoms. The molecule has 0 radical (unpaired) electrons. The zero-order valence-electron chi connectivity index (χ0n) is 15.6. The van der Waals surface area contributed by atoms with E-state index in [4.69, 9.17) is 0 Å². The molecule has 0 spiro atoms. The Labute approximate surface area is 172 Å². The number of rotatable bonds is 2. The van der Waals surface area contributed by atoms with Crippen molar-refractivity contribution in [3.63, 3.8) is 0 Å². The van der Waals surface area contributed by atoms with E-state index in [1.54, 1.807) is 0 Å². The lowest BCUT2D eigenvalue weighted by Crippen LogP contribution is -2.41. The maximum absolute atomic E-state index is 13.5. The molecule has 0 aliphatic carbocycles. The summed E-state index contributed by atoms with van der Waals surface area (Å²) in [5.74, 6) is -0.653. The van der Waals surface area contributed by atoms with Crippen molar-refractivity contribution < 1.29 is 9.59 Å². The number of para-hydroxylation sites is 3. The van der Waals surface area contributed by atoms with Crippen molar-refractivity contribution >= 4 is 40.6 Å². The zero-order valence-corrected chi connectivity index (χ0v) is 16.5. The van der Waals surface area contributed by atoms with Crippen LogP contribution in [0.1, 0.15) is 0 Å². The van der Waals surface area contributed by atoms with Gasteiger partial charge in [-0.15, -0.1) is 0 Å². The Bertz CT molecular complexity index is 1090. The molecule has 1 saturated heterocycles. The summed E-state index contributed by atoms with van der Waals surface area (Å²) in [5.41, 5.74) is 2.47. The molecular weight excluding hydrogens is 382 g/mol. The van der Waals surface area contributed by atoms with Gasteiger partial charge in [-0.05, 0) is 36.4 Å². The van der Waals surface area contributed by atoms with Gasteiger partial charge in [0.1, 0.15) is 5.57 Å². The van der Waals surface area contributed by atoms with Crippen molar-refractivity contribution in [3.8, 4) is 0 Å². The van der Waals surface area contributed by atoms with E-state index in [2.05, 4.69) is 0 Å². The molecule has 5 nitrogen and oxygen atoms in total. The predicted octanol–water partition coefficient (Wildman–Crippen LogP) is 4.44. The van der Waals surface area contributed by atoms with Crippen LogP contribution in [0.25, 0.3) is 0 Å². The van der Waals surface area contributed by atoms with Gasteiger partial charge in [-0.2, -0.15) is 0 Å². The summed E-state index contributed by atoms with van der Waals surface area (Å²) < 4.78 is 0. The number of amides is 2. The molecule has 29 heavy (non-hydrogen) atoms. The summed E-state index contributed by atoms with van der Waals surface area (Å²) >= 11 is 1.45. The monoisotopic (exact) mass is 399 g/mol. The lowest BCUT2D eigenvalue weighted by atomic mass is 10.2. The van der Waals surface area contributed by atoms with E-state index in [-0.39, 0.29) is 17.4 Å². The van der Waals surface area contributed by atoms with Gasteiger partial charge in [0.15, 0.2) is 0 Å². The van der Waals surface area contributed by atoms with Gasteiger partial charge in [0.25, 0.3) is 11.8 Å². The number of carbonyl (C=O) groups is 2. The molecule has 5 rings (SSSR count). The van der Waals surface area contributed by atoms with Crippen LogP contribution in [0.2, 0.25) is 0 Å². The van der Waals surface area contributed by atoms with Crippen molar-refractivity contribution in [2.45, 2.75) is 4.90 Å². The number of thioether (sulfide) groups is 1. The molecule has 0 aromatic heterocycles. The van der Waals surface area contributed by atoms with Crippen LogP contribution < -0.4 is 14.9 Å². The van der Waals surface area contributed by atoms with E-state index in [1.807, 2.05) is 96.9 Å². The second kappa shape index (κ2) is 6.83. The number of carbonyl (C=O) groups excluding carboxylic acids is 2. The Morgan fingerprint density at radius 1 is 0.655 bits per heavy atom. The van der Waals surface area contributed by atoms with E-state index in [1.165, 1.54) is 21.8 Å². The van der Waals surface area contributed by atoms with Crippen molar-refractivity contribution in [2.75, 3.05) is 22.0 Å². The van der Waals surface area contributed by atoms with Crippen LogP contribution in [0.15, 0.2) is 100 Å². The van der Waals surface area contributed by atoms with Gasteiger partial charge in [-0.3, -0.25) is 9.59 Å². The molecule has 2 heterocycles. The minimum Gasteiger partial charge on any atom is -0.337 e. The summed E-state index contributed by atoms with van der Waals surface area (Å²) in [6.45, 7) is 0. The molecule has 0 N–H and O–H groups in total. The lowest BCUT2D eigenvalue weighted by Gasteiger charge is -2.27. The van der Waals surface area contributed by atoms with Crippen LogP contribution >= 0.6 is 11.8 Å². The second-order valence-electron chi connectivity index (χ2n) is 6.71. The molecule has 2 aliphatic rings. The smallest absolute Gasteiger partial charge is 0.285 e. The Kier molecular flexibility index (Phi) is 4.14. The molecule has 6 heteroatoms. The highest BCUT2D eigenvalue weighted by atomic mass is 32.2. The largest absolute Gasteiger partial charge is 0.337 e. The van der Waals surface area contributed by atoms with Gasteiger partial charge in [0, 0.05) is 11.9 Å². The van der Waals surface area contributed by atoms with Gasteiger partial charge < -0.3 is 4.90 Å². The van der Waals surface area contributed by atoms with Crippen molar-refractivity contribution in [3.05, 3.63) is 95.5 Å². The van der Waals surface area contributed by atoms with Crippen molar-refractivity contribution in [1.29, 1.82) is 0 Å². The van der Waals surface area contributed by atoms with E-state index < -0.39 is 0 Å². The topological polar surface area (TPSA) is 43.9 Å². The number of hydrogen-bond acceptors (Lipinski definition) is 4. The van der Waals surface area contributed by atoms with Gasteiger partial charge in [-0.25, -0.2) is 10.0 Å². The molecule has 3 aromatic carbocycles. The first kappa shape index (κ1) is 17.6. The fourth-order valence-electron chi connectivity index (χ4n) is 3.59. The number of hydrazine groups is 1. The minimum absolute atomic E-state index is 0.182. The van der Waals surface area contributed by atoms with Crippen LogP contribution in [0.3, 0.4) is 0 Å². The first-order valence-corrected chi connectivity index (χ1v) is 10.0. The third-order valence-corrected chi connectivity index (χ3v) is 6.20. The highest BCUT2D eigenvalue weighted by molar-refractivity contribution is 8.03. The van der Waals surface area contributed by atoms with Crippen LogP contribution in [-0.4, -0.2) is 18.9 Å². The molecule has 0 saturated carbocycles. The maximum Gasteiger partial charge on any atom is 0.285 e. The highest BCUT2D eigenvalue weighted by Gasteiger charge is 2.46. The van der Waals surface area contributed by atoms with Crippen LogP contribution in [0.5, 0.6) is 0 Å². The Hall–Kier alpha value is -3.51. The maximum atomic E-state index is 13.5. The minimum atomic E-state index is -0.327. The van der Waals surface area contributed by atoms with Crippen LogP contribution in [0, 0.1) is 0 Å². The van der Waals surface area contributed by atoms with Gasteiger partial charge in [0.2, 0.25) is 0 Å². The Balaban J connectivity index is 1.68. The average molecular weight is 399 g/mol. The van der Waals surface area contributed by atoms with E-state index in [0.29, 0.717) is 16.4 Å². The number of fused-ring (bicyclic) bond motifs is 1. The highest BCUT2D eigenvalue weighted by Crippen LogP contribution is 2.48. The number of benzene rings is 3. The standard InChI is InChI=1S/C23H17N3O2S/c1-24-18-14-8-9-15-19(18)29-23(24)20-21(27)25(16-10-4-2-5-11-16)26(22(20)28)17-12-6-3-7-13-17/h2-15H,1H3. The average Bonchev–Trinajstić information content (AvgIpc) is 3.22. The van der Waals surface area contributed by atoms with Gasteiger partial charge in [-0.1, -0.05) is 60.3 Å². The SMILES string of the molecule is CN1C(=C2C(=O)N(c3ccccc3)N(c3ccccc3)C2=O)Sc2ccccc21. The molecule has 1 fully saturated rings. The predicted molar refractivity (Wildman–Crippen MR) is 116 cm³/mol. The Morgan fingerprint density at radius 2 is 1.14 bits per heavy atom. The summed E-state index contributed by atoms with van der Waals surface area (Å²) in [6.07, 6.45) is 0. The molecule has 3 aromatic rings. The fraction of sp³-hybridized carbons (Fsp3) is 0.0435. The van der Waals surface area contributed by atoms with Crippen LogP contribution in [-0.2, 0) is 9.59 Å². The third-order valence-electron chi connectivity index (χ3n) is 4.97. The Morgan fingerprint density at radius 3 is 1.66 bits per heavy atom. The number of anilines is 3. The van der Waals surface area contributed by atoms with E-state index in [0.717, 1.165) is 10.6 Å². The molecule has 142 valence electrons. The lowest BCUT2D eigenvalue weighted by molar-refractivity contribution is -0.116. The van der Waals surface area contributed by atoms with Crippen molar-refractivity contribution in [2.24, 2.45) is 0 Å². The third kappa shape index (κ3) is 2.72.